The Bertz CT molecular complexity index is 492. The smallest absolute Gasteiger partial charge is 0.254 e. The molecular formula is C15H20F2N2O. The van der Waals surface area contributed by atoms with Crippen LogP contribution < -0.4 is 5.32 Å². The molecule has 1 atom stereocenters. The Balaban J connectivity index is 2.21. The molecule has 1 fully saturated rings. The molecule has 1 unspecified atom stereocenters. The van der Waals surface area contributed by atoms with Crippen LogP contribution in [0.3, 0.4) is 0 Å². The molecule has 0 saturated heterocycles. The number of nitrogens with zero attached hydrogens (tertiary/aromatic N) is 1. The zero-order chi connectivity index (χ0) is 14.9. The molecule has 2 rings (SSSR count). The first-order valence-electron chi connectivity index (χ1n) is 6.95. The van der Waals surface area contributed by atoms with E-state index in [1.165, 1.54) is 0 Å². The van der Waals surface area contributed by atoms with Crippen LogP contribution in [0, 0.1) is 17.6 Å². The molecule has 1 saturated carbocycles. The highest BCUT2D eigenvalue weighted by molar-refractivity contribution is 5.94. The van der Waals surface area contributed by atoms with Gasteiger partial charge in [0, 0.05) is 25.2 Å². The van der Waals surface area contributed by atoms with Crippen molar-refractivity contribution in [3.63, 3.8) is 0 Å². The van der Waals surface area contributed by atoms with Gasteiger partial charge in [0.1, 0.15) is 17.3 Å². The average Bonchev–Trinajstić information content (AvgIpc) is 3.24. The number of carbonyl (C=O) groups excluding carboxylic acids is 1. The van der Waals surface area contributed by atoms with Crippen molar-refractivity contribution in [1.29, 1.82) is 0 Å². The molecule has 1 aromatic rings. The summed E-state index contributed by atoms with van der Waals surface area (Å²) in [5.41, 5.74) is -0.126. The molecule has 0 spiro atoms. The number of anilines is 1. The van der Waals surface area contributed by atoms with Gasteiger partial charge in [-0.05, 0) is 44.7 Å². The minimum Gasteiger partial charge on any atom is -0.381 e. The van der Waals surface area contributed by atoms with Gasteiger partial charge < -0.3 is 10.2 Å². The van der Waals surface area contributed by atoms with Crippen LogP contribution in [0.25, 0.3) is 0 Å². The van der Waals surface area contributed by atoms with Gasteiger partial charge in [0.05, 0.1) is 0 Å². The van der Waals surface area contributed by atoms with Crippen molar-refractivity contribution in [2.45, 2.75) is 32.7 Å². The number of amides is 1. The first-order valence-corrected chi connectivity index (χ1v) is 6.95. The highest BCUT2D eigenvalue weighted by Gasteiger charge is 2.33. The Morgan fingerprint density at radius 2 is 1.95 bits per heavy atom. The van der Waals surface area contributed by atoms with E-state index in [0.29, 0.717) is 12.5 Å². The van der Waals surface area contributed by atoms with Crippen LogP contribution in [0.5, 0.6) is 0 Å². The second kappa shape index (κ2) is 5.77. The van der Waals surface area contributed by atoms with Gasteiger partial charge in [-0.1, -0.05) is 0 Å². The topological polar surface area (TPSA) is 32.3 Å². The van der Waals surface area contributed by atoms with E-state index in [1.807, 2.05) is 6.92 Å². The summed E-state index contributed by atoms with van der Waals surface area (Å²) < 4.78 is 27.6. The molecular weight excluding hydrogens is 262 g/mol. The molecule has 1 N–H and O–H groups in total. The van der Waals surface area contributed by atoms with Crippen LogP contribution in [-0.4, -0.2) is 30.4 Å². The predicted molar refractivity (Wildman–Crippen MR) is 74.8 cm³/mol. The Morgan fingerprint density at radius 1 is 1.40 bits per heavy atom. The summed E-state index contributed by atoms with van der Waals surface area (Å²) in [6.45, 7) is 4.14. The fourth-order valence-electron chi connectivity index (χ4n) is 2.33. The average molecular weight is 282 g/mol. The van der Waals surface area contributed by atoms with E-state index in [2.05, 4.69) is 5.32 Å². The highest BCUT2D eigenvalue weighted by atomic mass is 19.1. The number of hydrogen-bond acceptors (Lipinski definition) is 2. The number of hydrogen-bond donors (Lipinski definition) is 1. The van der Waals surface area contributed by atoms with Crippen LogP contribution in [-0.2, 0) is 0 Å². The third kappa shape index (κ3) is 2.92. The molecule has 0 radical (unpaired) electrons. The maximum absolute atomic E-state index is 13.8. The maximum atomic E-state index is 13.8. The molecule has 0 heterocycles. The third-order valence-corrected chi connectivity index (χ3v) is 3.88. The zero-order valence-electron chi connectivity index (χ0n) is 12.0. The standard InChI is InChI=1S/C15H20F2N2O/c1-4-18-14-12(16)7-11(8-13(14)17)15(20)19(3)9(2)10-5-6-10/h7-10,18H,4-6H2,1-3H3. The molecule has 3 nitrogen and oxygen atoms in total. The van der Waals surface area contributed by atoms with Crippen molar-refractivity contribution in [3.05, 3.63) is 29.3 Å². The first kappa shape index (κ1) is 14.8. The lowest BCUT2D eigenvalue weighted by atomic mass is 10.1. The Morgan fingerprint density at radius 3 is 2.40 bits per heavy atom. The monoisotopic (exact) mass is 282 g/mol. The summed E-state index contributed by atoms with van der Waals surface area (Å²) >= 11 is 0. The summed E-state index contributed by atoms with van der Waals surface area (Å²) in [5, 5.41) is 2.62. The Hall–Kier alpha value is -1.65. The minimum atomic E-state index is -0.734. The number of carbonyl (C=O) groups is 1. The largest absolute Gasteiger partial charge is 0.381 e. The Labute approximate surface area is 118 Å². The van der Waals surface area contributed by atoms with Crippen molar-refractivity contribution < 1.29 is 13.6 Å². The van der Waals surface area contributed by atoms with Crippen molar-refractivity contribution in [2.75, 3.05) is 18.9 Å². The predicted octanol–water partition coefficient (Wildman–Crippen LogP) is 3.27. The molecule has 110 valence electrons. The molecule has 5 heteroatoms. The van der Waals surface area contributed by atoms with Crippen LogP contribution in [0.2, 0.25) is 0 Å². The minimum absolute atomic E-state index is 0.0525. The summed E-state index contributed by atoms with van der Waals surface area (Å²) in [7, 11) is 1.68. The molecule has 1 amide bonds. The van der Waals surface area contributed by atoms with Gasteiger partial charge >= 0.3 is 0 Å². The second-order valence-corrected chi connectivity index (χ2v) is 5.34. The molecule has 1 aliphatic rings. The number of benzene rings is 1. The van der Waals surface area contributed by atoms with Gasteiger partial charge in [-0.25, -0.2) is 8.78 Å². The quantitative estimate of drug-likeness (QED) is 0.899. The lowest BCUT2D eigenvalue weighted by molar-refractivity contribution is 0.0726. The first-order chi connectivity index (χ1) is 9.45. The normalized spacial score (nSPS) is 15.8. The van der Waals surface area contributed by atoms with E-state index in [4.69, 9.17) is 0 Å². The lowest BCUT2D eigenvalue weighted by Crippen LogP contribution is -2.36. The van der Waals surface area contributed by atoms with Gasteiger partial charge in [-0.15, -0.1) is 0 Å². The lowest BCUT2D eigenvalue weighted by Gasteiger charge is -2.25. The van der Waals surface area contributed by atoms with Gasteiger partial charge in [0.2, 0.25) is 0 Å². The summed E-state index contributed by atoms with van der Waals surface area (Å²) in [6.07, 6.45) is 2.22. The third-order valence-electron chi connectivity index (χ3n) is 3.88. The SMILES string of the molecule is CCNc1c(F)cc(C(=O)N(C)C(C)C2CC2)cc1F. The number of rotatable bonds is 5. The molecule has 1 aliphatic carbocycles. The van der Waals surface area contributed by atoms with E-state index in [0.717, 1.165) is 25.0 Å². The fourth-order valence-corrected chi connectivity index (χ4v) is 2.33. The summed E-state index contributed by atoms with van der Waals surface area (Å²) in [4.78, 5) is 13.8. The van der Waals surface area contributed by atoms with Gasteiger partial charge in [-0.2, -0.15) is 0 Å². The molecule has 0 bridgehead atoms. The van der Waals surface area contributed by atoms with Crippen molar-refractivity contribution in [2.24, 2.45) is 5.92 Å². The van der Waals surface area contributed by atoms with Gasteiger partial charge in [0.25, 0.3) is 5.91 Å². The van der Waals surface area contributed by atoms with Crippen LogP contribution in [0.1, 0.15) is 37.0 Å². The maximum Gasteiger partial charge on any atom is 0.254 e. The zero-order valence-corrected chi connectivity index (χ0v) is 12.0. The van der Waals surface area contributed by atoms with E-state index in [9.17, 15) is 13.6 Å². The van der Waals surface area contributed by atoms with Crippen LogP contribution in [0.4, 0.5) is 14.5 Å². The van der Waals surface area contributed by atoms with Crippen LogP contribution in [0.15, 0.2) is 12.1 Å². The van der Waals surface area contributed by atoms with Crippen molar-refractivity contribution in [3.8, 4) is 0 Å². The van der Waals surface area contributed by atoms with Crippen molar-refractivity contribution in [1.82, 2.24) is 4.90 Å². The Kier molecular flexibility index (Phi) is 4.26. The van der Waals surface area contributed by atoms with E-state index >= 15 is 0 Å². The van der Waals surface area contributed by atoms with Crippen molar-refractivity contribution >= 4 is 11.6 Å². The number of halogens is 2. The van der Waals surface area contributed by atoms with Gasteiger partial charge in [0.15, 0.2) is 0 Å². The highest BCUT2D eigenvalue weighted by Crippen LogP contribution is 2.35. The number of nitrogens with one attached hydrogen (secondary N) is 1. The van der Waals surface area contributed by atoms with E-state index in [1.54, 1.807) is 18.9 Å². The molecule has 0 aliphatic heterocycles. The second-order valence-electron chi connectivity index (χ2n) is 5.34. The van der Waals surface area contributed by atoms with Crippen LogP contribution >= 0.6 is 0 Å². The van der Waals surface area contributed by atoms with Gasteiger partial charge in [-0.3, -0.25) is 4.79 Å². The molecule has 20 heavy (non-hydrogen) atoms. The summed E-state index contributed by atoms with van der Waals surface area (Å²) in [6, 6.07) is 2.29. The fraction of sp³-hybridized carbons (Fsp3) is 0.533. The molecule has 1 aromatic carbocycles. The van der Waals surface area contributed by atoms with E-state index in [-0.39, 0.29) is 23.2 Å². The summed E-state index contributed by atoms with van der Waals surface area (Å²) in [5.74, 6) is -1.30. The molecule has 0 aromatic heterocycles. The van der Waals surface area contributed by atoms with E-state index < -0.39 is 11.6 Å².